The van der Waals surface area contributed by atoms with Gasteiger partial charge >= 0.3 is 0 Å². The normalized spacial score (nSPS) is 15.1. The molecule has 1 fully saturated rings. The number of amides is 1. The molecule has 11 heteroatoms. The van der Waals surface area contributed by atoms with Gasteiger partial charge in [0.2, 0.25) is 10.0 Å². The second kappa shape index (κ2) is 11.0. The van der Waals surface area contributed by atoms with Crippen LogP contribution >= 0.6 is 11.6 Å². The molecule has 1 aliphatic rings. The van der Waals surface area contributed by atoms with Crippen molar-refractivity contribution < 1.29 is 21.6 Å². The van der Waals surface area contributed by atoms with Crippen LogP contribution in [0.4, 0.5) is 11.4 Å². The summed E-state index contributed by atoms with van der Waals surface area (Å²) in [7, 11) is -7.53. The topological polar surface area (TPSA) is 113 Å². The van der Waals surface area contributed by atoms with Gasteiger partial charge in [-0.1, -0.05) is 30.5 Å². The fraction of sp³-hybridized carbons (Fsp3) is 0.240. The van der Waals surface area contributed by atoms with Gasteiger partial charge in [0.1, 0.15) is 0 Å². The predicted octanol–water partition coefficient (Wildman–Crippen LogP) is 4.96. The average Bonchev–Trinajstić information content (AvgIpc) is 3.16. The average molecular weight is 548 g/mol. The van der Waals surface area contributed by atoms with Gasteiger partial charge in [-0.3, -0.25) is 9.52 Å². The number of benzene rings is 3. The van der Waals surface area contributed by atoms with Crippen LogP contribution in [0.15, 0.2) is 82.6 Å². The molecule has 1 aliphatic heterocycles. The first-order chi connectivity index (χ1) is 17.1. The van der Waals surface area contributed by atoms with Crippen molar-refractivity contribution in [3.63, 3.8) is 0 Å². The molecule has 0 aliphatic carbocycles. The molecule has 0 atom stereocenters. The zero-order valence-electron chi connectivity index (χ0n) is 19.4. The van der Waals surface area contributed by atoms with Crippen LogP contribution in [0.2, 0.25) is 5.02 Å². The van der Waals surface area contributed by atoms with Crippen molar-refractivity contribution >= 4 is 48.9 Å². The Bertz CT molecular complexity index is 1430. The summed E-state index contributed by atoms with van der Waals surface area (Å²) >= 11 is 5.83. The Balaban J connectivity index is 1.46. The Morgan fingerprint density at radius 2 is 1.36 bits per heavy atom. The standard InChI is InChI=1S/C25H26ClN3O5S2/c26-20-8-10-22(11-9-20)28-35(31,32)23-14-12-21(13-15-23)27-25(30)19-6-5-7-24(18-19)36(33,34)29-16-3-1-2-4-17-29/h5-15,18,28H,1-4,16-17H2,(H,27,30). The third-order valence-corrected chi connectivity index (χ3v) is 9.36. The lowest BCUT2D eigenvalue weighted by Gasteiger charge is -2.20. The van der Waals surface area contributed by atoms with E-state index in [1.165, 1.54) is 52.8 Å². The van der Waals surface area contributed by atoms with Gasteiger partial charge in [-0.05, 0) is 79.6 Å². The molecule has 0 saturated carbocycles. The number of rotatable bonds is 7. The van der Waals surface area contributed by atoms with E-state index in [0.717, 1.165) is 25.7 Å². The van der Waals surface area contributed by atoms with Gasteiger partial charge < -0.3 is 5.32 Å². The number of nitrogens with zero attached hydrogens (tertiary/aromatic N) is 1. The number of sulfonamides is 2. The maximum atomic E-state index is 13.1. The zero-order valence-corrected chi connectivity index (χ0v) is 21.7. The van der Waals surface area contributed by atoms with Crippen molar-refractivity contribution in [1.82, 2.24) is 4.31 Å². The Morgan fingerprint density at radius 1 is 0.750 bits per heavy atom. The van der Waals surface area contributed by atoms with Gasteiger partial charge in [0.25, 0.3) is 15.9 Å². The largest absolute Gasteiger partial charge is 0.322 e. The Hall–Kier alpha value is -2.92. The first kappa shape index (κ1) is 26.2. The highest BCUT2D eigenvalue weighted by Crippen LogP contribution is 2.23. The van der Waals surface area contributed by atoms with E-state index in [-0.39, 0.29) is 15.4 Å². The summed E-state index contributed by atoms with van der Waals surface area (Å²) in [4.78, 5) is 12.9. The van der Waals surface area contributed by atoms with Crippen molar-refractivity contribution in [3.8, 4) is 0 Å². The summed E-state index contributed by atoms with van der Waals surface area (Å²) in [6, 6.07) is 17.8. The maximum Gasteiger partial charge on any atom is 0.261 e. The van der Waals surface area contributed by atoms with E-state index in [4.69, 9.17) is 11.6 Å². The predicted molar refractivity (Wildman–Crippen MR) is 140 cm³/mol. The Morgan fingerprint density at radius 3 is 2.00 bits per heavy atom. The van der Waals surface area contributed by atoms with Crippen LogP contribution in [0.5, 0.6) is 0 Å². The molecule has 1 heterocycles. The van der Waals surface area contributed by atoms with Crippen LogP contribution in [-0.4, -0.2) is 40.1 Å². The molecule has 2 N–H and O–H groups in total. The van der Waals surface area contributed by atoms with Crippen molar-refractivity contribution in [1.29, 1.82) is 0 Å². The first-order valence-electron chi connectivity index (χ1n) is 11.5. The molecular formula is C25H26ClN3O5S2. The minimum Gasteiger partial charge on any atom is -0.322 e. The number of hydrogen-bond donors (Lipinski definition) is 2. The third kappa shape index (κ3) is 6.25. The summed E-state index contributed by atoms with van der Waals surface area (Å²) in [6.07, 6.45) is 3.65. The molecule has 0 unspecified atom stereocenters. The van der Waals surface area contributed by atoms with E-state index in [9.17, 15) is 21.6 Å². The minimum absolute atomic E-state index is 0.0148. The number of nitrogens with one attached hydrogen (secondary N) is 2. The summed E-state index contributed by atoms with van der Waals surface area (Å²) < 4.78 is 55.4. The molecule has 0 bridgehead atoms. The van der Waals surface area contributed by atoms with Crippen LogP contribution in [0, 0.1) is 0 Å². The molecule has 3 aromatic carbocycles. The minimum atomic E-state index is -3.84. The van der Waals surface area contributed by atoms with Gasteiger partial charge in [0, 0.05) is 35.1 Å². The van der Waals surface area contributed by atoms with E-state index < -0.39 is 26.0 Å². The molecule has 1 saturated heterocycles. The molecule has 3 aromatic rings. The van der Waals surface area contributed by atoms with E-state index in [1.54, 1.807) is 24.3 Å². The van der Waals surface area contributed by atoms with Crippen LogP contribution in [0.3, 0.4) is 0 Å². The number of carbonyl (C=O) groups is 1. The molecule has 190 valence electrons. The SMILES string of the molecule is O=C(Nc1ccc(S(=O)(=O)Nc2ccc(Cl)cc2)cc1)c1cccc(S(=O)(=O)N2CCCCCC2)c1. The Kier molecular flexibility index (Phi) is 7.99. The fourth-order valence-corrected chi connectivity index (χ4v) is 6.63. The molecule has 8 nitrogen and oxygen atoms in total. The lowest BCUT2D eigenvalue weighted by atomic mass is 10.2. The van der Waals surface area contributed by atoms with Crippen molar-refractivity contribution in [2.45, 2.75) is 35.5 Å². The van der Waals surface area contributed by atoms with Crippen LogP contribution in [0.25, 0.3) is 0 Å². The van der Waals surface area contributed by atoms with E-state index in [1.807, 2.05) is 0 Å². The van der Waals surface area contributed by atoms with Gasteiger partial charge in [0.05, 0.1) is 9.79 Å². The van der Waals surface area contributed by atoms with Crippen LogP contribution in [0.1, 0.15) is 36.0 Å². The maximum absolute atomic E-state index is 13.1. The van der Waals surface area contributed by atoms with Crippen LogP contribution in [-0.2, 0) is 20.0 Å². The molecule has 4 rings (SSSR count). The zero-order chi connectivity index (χ0) is 25.8. The molecule has 36 heavy (non-hydrogen) atoms. The lowest BCUT2D eigenvalue weighted by Crippen LogP contribution is -2.32. The van der Waals surface area contributed by atoms with Crippen LogP contribution < -0.4 is 10.0 Å². The number of halogens is 1. The monoisotopic (exact) mass is 547 g/mol. The molecule has 0 spiro atoms. The number of hydrogen-bond acceptors (Lipinski definition) is 5. The summed E-state index contributed by atoms with van der Waals surface area (Å²) in [5, 5.41) is 3.17. The molecule has 0 aromatic heterocycles. The molecule has 0 radical (unpaired) electrons. The van der Waals surface area contributed by atoms with E-state index in [2.05, 4.69) is 10.0 Å². The quantitative estimate of drug-likeness (QED) is 0.434. The van der Waals surface area contributed by atoms with Gasteiger partial charge in [-0.15, -0.1) is 0 Å². The van der Waals surface area contributed by atoms with Gasteiger partial charge in [-0.25, -0.2) is 16.8 Å². The third-order valence-electron chi connectivity index (χ3n) is 5.82. The summed E-state index contributed by atoms with van der Waals surface area (Å²) in [5.74, 6) is -0.502. The number of carbonyl (C=O) groups excluding carboxylic acids is 1. The summed E-state index contributed by atoms with van der Waals surface area (Å²) in [5.41, 5.74) is 0.921. The smallest absolute Gasteiger partial charge is 0.261 e. The first-order valence-corrected chi connectivity index (χ1v) is 14.8. The second-order valence-electron chi connectivity index (χ2n) is 8.44. The van der Waals surface area contributed by atoms with E-state index >= 15 is 0 Å². The highest BCUT2D eigenvalue weighted by molar-refractivity contribution is 7.92. The second-order valence-corrected chi connectivity index (χ2v) is 12.5. The molecular weight excluding hydrogens is 522 g/mol. The van der Waals surface area contributed by atoms with Crippen molar-refractivity contribution in [2.24, 2.45) is 0 Å². The van der Waals surface area contributed by atoms with Gasteiger partial charge in [-0.2, -0.15) is 4.31 Å². The lowest BCUT2D eigenvalue weighted by molar-refractivity contribution is 0.102. The summed E-state index contributed by atoms with van der Waals surface area (Å²) in [6.45, 7) is 0.946. The number of anilines is 2. The van der Waals surface area contributed by atoms with Crippen molar-refractivity contribution in [3.05, 3.63) is 83.4 Å². The van der Waals surface area contributed by atoms with Gasteiger partial charge in [0.15, 0.2) is 0 Å². The fourth-order valence-electron chi connectivity index (χ4n) is 3.88. The highest BCUT2D eigenvalue weighted by atomic mass is 35.5. The highest BCUT2D eigenvalue weighted by Gasteiger charge is 2.26. The molecule has 1 amide bonds. The Labute approximate surface area is 216 Å². The van der Waals surface area contributed by atoms with E-state index in [0.29, 0.717) is 29.5 Å². The van der Waals surface area contributed by atoms with Crippen molar-refractivity contribution in [2.75, 3.05) is 23.1 Å².